The smallest absolute Gasteiger partial charge is 0.365 e. The van der Waals surface area contributed by atoms with Gasteiger partial charge in [-0.15, -0.1) is 5.11 Å². The van der Waals surface area contributed by atoms with Crippen molar-refractivity contribution in [2.75, 3.05) is 19.8 Å². The Morgan fingerprint density at radius 3 is 3.07 bits per heavy atom. The van der Waals surface area contributed by atoms with E-state index in [1.54, 1.807) is 0 Å². The first kappa shape index (κ1) is 11.5. The second-order valence-electron chi connectivity index (χ2n) is 2.86. The molecule has 0 saturated heterocycles. The number of hydrogen-bond acceptors (Lipinski definition) is 4. The van der Waals surface area contributed by atoms with Crippen LogP contribution in [0.4, 0.5) is 4.79 Å². The number of nitrogens with one attached hydrogen (secondary N) is 1. The Morgan fingerprint density at radius 1 is 1.53 bits per heavy atom. The van der Waals surface area contributed by atoms with E-state index in [0.717, 1.165) is 6.42 Å². The minimum Gasteiger partial charge on any atom is -0.382 e. The van der Waals surface area contributed by atoms with Crippen LogP contribution in [0.3, 0.4) is 0 Å². The molecule has 6 heteroatoms. The molecule has 1 rings (SSSR count). The lowest BCUT2D eigenvalue weighted by Crippen LogP contribution is -2.31. The highest BCUT2D eigenvalue weighted by Crippen LogP contribution is 2.03. The van der Waals surface area contributed by atoms with Crippen molar-refractivity contribution < 1.29 is 9.53 Å². The lowest BCUT2D eigenvalue weighted by atomic mass is 10.4. The highest BCUT2D eigenvalue weighted by molar-refractivity contribution is 6.08. The van der Waals surface area contributed by atoms with E-state index in [4.69, 9.17) is 4.74 Å². The molecule has 0 fully saturated rings. The van der Waals surface area contributed by atoms with Crippen molar-refractivity contribution >= 4 is 11.9 Å². The summed E-state index contributed by atoms with van der Waals surface area (Å²) in [5.41, 5.74) is 0.381. The van der Waals surface area contributed by atoms with E-state index >= 15 is 0 Å². The molecular weight excluding hydrogens is 196 g/mol. The number of urea groups is 1. The number of carbonyl (C=O) groups excluding carboxylic acids is 1. The number of amides is 2. The first-order valence-corrected chi connectivity index (χ1v) is 4.78. The standard InChI is InChI=1S/C9H14N4O2/c1-3-15-6-4-5-10-8-7(2)12-13-9(14)11-8/h2-6H2,1H3,(H,10,11,14). The van der Waals surface area contributed by atoms with Crippen molar-refractivity contribution in [2.45, 2.75) is 13.3 Å². The van der Waals surface area contributed by atoms with Gasteiger partial charge in [0.1, 0.15) is 5.70 Å². The normalized spacial score (nSPS) is 18.3. The van der Waals surface area contributed by atoms with Crippen molar-refractivity contribution in [3.05, 3.63) is 12.3 Å². The topological polar surface area (TPSA) is 75.4 Å². The zero-order chi connectivity index (χ0) is 11.1. The van der Waals surface area contributed by atoms with E-state index in [9.17, 15) is 4.79 Å². The summed E-state index contributed by atoms with van der Waals surface area (Å²) in [5, 5.41) is 9.32. The minimum atomic E-state index is -0.508. The molecule has 0 aromatic carbocycles. The van der Waals surface area contributed by atoms with Crippen LogP contribution in [-0.2, 0) is 4.74 Å². The first-order valence-electron chi connectivity index (χ1n) is 4.78. The lowest BCUT2D eigenvalue weighted by Gasteiger charge is -2.09. The van der Waals surface area contributed by atoms with Crippen LogP contribution in [0.5, 0.6) is 0 Å². The fourth-order valence-electron chi connectivity index (χ4n) is 0.984. The van der Waals surface area contributed by atoms with Crippen molar-refractivity contribution in [3.8, 4) is 0 Å². The Kier molecular flexibility index (Phi) is 4.62. The highest BCUT2D eigenvalue weighted by atomic mass is 16.5. The van der Waals surface area contributed by atoms with Crippen LogP contribution in [-0.4, -0.2) is 31.6 Å². The van der Waals surface area contributed by atoms with Gasteiger partial charge in [-0.1, -0.05) is 11.7 Å². The summed E-state index contributed by atoms with van der Waals surface area (Å²) in [6.07, 6.45) is 0.803. The van der Waals surface area contributed by atoms with Gasteiger partial charge in [-0.05, 0) is 13.3 Å². The fraction of sp³-hybridized carbons (Fsp3) is 0.556. The van der Waals surface area contributed by atoms with E-state index < -0.39 is 6.03 Å². The molecule has 1 aliphatic heterocycles. The van der Waals surface area contributed by atoms with Crippen LogP contribution in [0.1, 0.15) is 13.3 Å². The van der Waals surface area contributed by atoms with Gasteiger partial charge in [0.25, 0.3) is 0 Å². The van der Waals surface area contributed by atoms with Crippen LogP contribution >= 0.6 is 0 Å². The number of carbonyl (C=O) groups is 1. The van der Waals surface area contributed by atoms with Crippen LogP contribution in [0.2, 0.25) is 0 Å². The molecular formula is C9H14N4O2. The highest BCUT2D eigenvalue weighted by Gasteiger charge is 2.13. The molecule has 15 heavy (non-hydrogen) atoms. The molecule has 1 N–H and O–H groups in total. The Labute approximate surface area is 88.1 Å². The first-order chi connectivity index (χ1) is 7.24. The van der Waals surface area contributed by atoms with Gasteiger partial charge >= 0.3 is 6.03 Å². The number of amidine groups is 1. The van der Waals surface area contributed by atoms with Gasteiger partial charge in [0, 0.05) is 19.8 Å². The summed E-state index contributed by atoms with van der Waals surface area (Å²) < 4.78 is 5.15. The summed E-state index contributed by atoms with van der Waals surface area (Å²) in [6, 6.07) is -0.508. The monoisotopic (exact) mass is 210 g/mol. The third kappa shape index (κ3) is 3.99. The van der Waals surface area contributed by atoms with Gasteiger partial charge in [-0.3, -0.25) is 10.3 Å². The Hall–Kier alpha value is -1.56. The predicted molar refractivity (Wildman–Crippen MR) is 55.9 cm³/mol. The number of aliphatic imine (C=N–C) groups is 1. The summed E-state index contributed by atoms with van der Waals surface area (Å²) >= 11 is 0. The molecule has 82 valence electrons. The summed E-state index contributed by atoms with van der Waals surface area (Å²) in [6.45, 7) is 7.49. The maximum Gasteiger partial charge on any atom is 0.365 e. The number of nitrogens with zero attached hydrogens (tertiary/aromatic N) is 3. The van der Waals surface area contributed by atoms with Crippen LogP contribution in [0.15, 0.2) is 27.5 Å². The van der Waals surface area contributed by atoms with Gasteiger partial charge in [0.2, 0.25) is 0 Å². The SMILES string of the molecule is C=C1N=NC(=O)NC1=NCCCOCC. The van der Waals surface area contributed by atoms with Gasteiger partial charge in [0.05, 0.1) is 0 Å². The predicted octanol–water partition coefficient (Wildman–Crippen LogP) is 1.50. The molecule has 0 radical (unpaired) electrons. The van der Waals surface area contributed by atoms with Gasteiger partial charge in [-0.2, -0.15) is 0 Å². The Balaban J connectivity index is 2.35. The molecule has 0 bridgehead atoms. The minimum absolute atomic E-state index is 0.381. The maximum absolute atomic E-state index is 10.8. The second-order valence-corrected chi connectivity index (χ2v) is 2.86. The molecule has 1 aliphatic rings. The number of hydrogen-bond donors (Lipinski definition) is 1. The van der Waals surface area contributed by atoms with Crippen molar-refractivity contribution in [3.63, 3.8) is 0 Å². The largest absolute Gasteiger partial charge is 0.382 e. The quantitative estimate of drug-likeness (QED) is 0.698. The summed E-state index contributed by atoms with van der Waals surface area (Å²) in [7, 11) is 0. The number of rotatable bonds is 5. The lowest BCUT2D eigenvalue weighted by molar-refractivity contribution is 0.146. The average molecular weight is 210 g/mol. The Morgan fingerprint density at radius 2 is 2.33 bits per heavy atom. The van der Waals surface area contributed by atoms with E-state index in [0.29, 0.717) is 31.3 Å². The number of ether oxygens (including phenoxy) is 1. The molecule has 0 aliphatic carbocycles. The van der Waals surface area contributed by atoms with Crippen molar-refractivity contribution in [2.24, 2.45) is 15.2 Å². The van der Waals surface area contributed by atoms with Crippen molar-refractivity contribution in [1.29, 1.82) is 0 Å². The molecule has 0 aromatic heterocycles. The van der Waals surface area contributed by atoms with Crippen LogP contribution in [0.25, 0.3) is 0 Å². The van der Waals surface area contributed by atoms with Crippen LogP contribution < -0.4 is 5.32 Å². The fourth-order valence-corrected chi connectivity index (χ4v) is 0.984. The van der Waals surface area contributed by atoms with Gasteiger partial charge < -0.3 is 4.74 Å². The molecule has 6 nitrogen and oxygen atoms in total. The zero-order valence-electron chi connectivity index (χ0n) is 8.69. The van der Waals surface area contributed by atoms with Gasteiger partial charge in [0.15, 0.2) is 5.84 Å². The Bertz CT molecular complexity index is 309. The summed E-state index contributed by atoms with van der Waals surface area (Å²) in [5.74, 6) is 0.395. The molecule has 2 amide bonds. The zero-order valence-corrected chi connectivity index (χ0v) is 8.69. The van der Waals surface area contributed by atoms with E-state index in [1.165, 1.54) is 0 Å². The molecule has 0 spiro atoms. The third-order valence-electron chi connectivity index (χ3n) is 1.68. The van der Waals surface area contributed by atoms with E-state index in [1.807, 2.05) is 6.92 Å². The molecule has 0 aromatic rings. The number of azo groups is 1. The van der Waals surface area contributed by atoms with E-state index in [2.05, 4.69) is 27.1 Å². The molecule has 0 unspecified atom stereocenters. The van der Waals surface area contributed by atoms with Crippen LogP contribution in [0, 0.1) is 0 Å². The molecule has 0 atom stereocenters. The summed E-state index contributed by atoms with van der Waals surface area (Å²) in [4.78, 5) is 15.0. The van der Waals surface area contributed by atoms with Crippen molar-refractivity contribution in [1.82, 2.24) is 5.32 Å². The molecule has 0 saturated carbocycles. The molecule has 1 heterocycles. The third-order valence-corrected chi connectivity index (χ3v) is 1.68. The average Bonchev–Trinajstić information content (AvgIpc) is 2.23. The van der Waals surface area contributed by atoms with Gasteiger partial charge in [-0.25, -0.2) is 4.79 Å². The second kappa shape index (κ2) is 6.02. The maximum atomic E-state index is 10.8. The van der Waals surface area contributed by atoms with E-state index in [-0.39, 0.29) is 0 Å².